The molecule has 1 aliphatic rings. The number of hydrogen-bond donors (Lipinski definition) is 0. The number of alkyl halides is 2. The number of sulfone groups is 1. The van der Waals surface area contributed by atoms with Crippen molar-refractivity contribution in [2.75, 3.05) is 31.8 Å². The highest BCUT2D eigenvalue weighted by Crippen LogP contribution is 2.29. The molecule has 1 aromatic carbocycles. The van der Waals surface area contributed by atoms with Crippen LogP contribution in [0.2, 0.25) is 0 Å². The first-order valence-electron chi connectivity index (χ1n) is 9.98. The predicted octanol–water partition coefficient (Wildman–Crippen LogP) is 2.52. The van der Waals surface area contributed by atoms with Crippen molar-refractivity contribution in [2.24, 2.45) is 5.92 Å². The summed E-state index contributed by atoms with van der Waals surface area (Å²) in [5.74, 6) is -1.27. The number of ether oxygens (including phenoxy) is 3. The Bertz CT molecular complexity index is 947. The number of esters is 1. The molecular weight excluding hydrogens is 448 g/mol. The van der Waals surface area contributed by atoms with Gasteiger partial charge < -0.3 is 19.1 Å². The average molecular weight is 476 g/mol. The molecule has 1 saturated heterocycles. The lowest BCUT2D eigenvalue weighted by molar-refractivity contribution is -0.149. The van der Waals surface area contributed by atoms with Gasteiger partial charge in [0.2, 0.25) is 0 Å². The highest BCUT2D eigenvalue weighted by Gasteiger charge is 2.35. The van der Waals surface area contributed by atoms with Crippen LogP contribution in [0.5, 0.6) is 11.5 Å². The molecule has 11 heteroatoms. The third kappa shape index (κ3) is 7.77. The van der Waals surface area contributed by atoms with Crippen molar-refractivity contribution in [3.8, 4) is 11.5 Å². The minimum atomic E-state index is -3.17. The minimum absolute atomic E-state index is 0.0344. The number of halogens is 2. The zero-order chi connectivity index (χ0) is 23.9. The number of benzene rings is 1. The molecule has 178 valence electrons. The van der Waals surface area contributed by atoms with E-state index in [9.17, 15) is 26.8 Å². The number of carbonyl (C=O) groups is 2. The molecule has 0 unspecified atom stereocenters. The molecule has 0 bridgehead atoms. The molecule has 0 radical (unpaired) electrons. The van der Waals surface area contributed by atoms with Crippen molar-refractivity contribution < 1.29 is 41.0 Å². The minimum Gasteiger partial charge on any atom is -0.493 e. The van der Waals surface area contributed by atoms with Gasteiger partial charge in [-0.1, -0.05) is 19.9 Å². The number of methoxy groups -OCH3 is 1. The Morgan fingerprint density at radius 3 is 2.53 bits per heavy atom. The fourth-order valence-corrected chi connectivity index (χ4v) is 5.01. The molecule has 0 aliphatic carbocycles. The Morgan fingerprint density at radius 2 is 1.97 bits per heavy atom. The molecule has 32 heavy (non-hydrogen) atoms. The van der Waals surface area contributed by atoms with Gasteiger partial charge in [-0.3, -0.25) is 4.79 Å². The van der Waals surface area contributed by atoms with Crippen LogP contribution in [0.1, 0.15) is 25.8 Å². The lowest BCUT2D eigenvalue weighted by atomic mass is 10.1. The Balaban J connectivity index is 1.97. The van der Waals surface area contributed by atoms with E-state index in [0.29, 0.717) is 18.5 Å². The second-order valence-corrected chi connectivity index (χ2v) is 9.96. The van der Waals surface area contributed by atoms with Crippen molar-refractivity contribution in [3.63, 3.8) is 0 Å². The fourth-order valence-electron chi connectivity index (χ4n) is 3.28. The van der Waals surface area contributed by atoms with Crippen LogP contribution in [0.25, 0.3) is 6.08 Å². The molecule has 1 atom stereocenters. The summed E-state index contributed by atoms with van der Waals surface area (Å²) >= 11 is 0. The van der Waals surface area contributed by atoms with Crippen LogP contribution in [-0.2, 0) is 24.2 Å². The number of carbonyl (C=O) groups excluding carboxylic acids is 2. The lowest BCUT2D eigenvalue weighted by Crippen LogP contribution is -2.45. The van der Waals surface area contributed by atoms with Crippen LogP contribution >= 0.6 is 0 Å². The van der Waals surface area contributed by atoms with Crippen molar-refractivity contribution in [1.29, 1.82) is 0 Å². The summed E-state index contributed by atoms with van der Waals surface area (Å²) in [6, 6.07) is 3.70. The molecule has 8 nitrogen and oxygen atoms in total. The van der Waals surface area contributed by atoms with Crippen molar-refractivity contribution in [1.82, 2.24) is 4.90 Å². The normalized spacial score (nSPS) is 17.7. The van der Waals surface area contributed by atoms with Crippen molar-refractivity contribution >= 4 is 27.8 Å². The average Bonchev–Trinajstić information content (AvgIpc) is 3.08. The highest BCUT2D eigenvalue weighted by molar-refractivity contribution is 7.91. The molecule has 1 aromatic rings. The smallest absolute Gasteiger partial charge is 0.387 e. The maximum atomic E-state index is 12.6. The van der Waals surface area contributed by atoms with E-state index in [1.807, 2.05) is 13.8 Å². The second-order valence-electron chi connectivity index (χ2n) is 7.73. The van der Waals surface area contributed by atoms with Gasteiger partial charge in [0, 0.05) is 18.7 Å². The van der Waals surface area contributed by atoms with Crippen LogP contribution in [0.3, 0.4) is 0 Å². The Hall–Kier alpha value is -2.69. The van der Waals surface area contributed by atoms with Gasteiger partial charge in [0.15, 0.2) is 27.9 Å². The van der Waals surface area contributed by atoms with Crippen LogP contribution in [0.15, 0.2) is 24.3 Å². The van der Waals surface area contributed by atoms with Gasteiger partial charge in [0.25, 0.3) is 5.91 Å². The summed E-state index contributed by atoms with van der Waals surface area (Å²) in [6.45, 7) is 0.655. The molecule has 2 rings (SSSR count). The van der Waals surface area contributed by atoms with Gasteiger partial charge in [-0.05, 0) is 36.1 Å². The lowest BCUT2D eigenvalue weighted by Gasteiger charge is -2.29. The maximum absolute atomic E-state index is 12.6. The molecule has 0 N–H and O–H groups in total. The van der Waals surface area contributed by atoms with E-state index >= 15 is 0 Å². The number of amides is 1. The third-order valence-electron chi connectivity index (χ3n) is 4.68. The summed E-state index contributed by atoms with van der Waals surface area (Å²) in [5, 5.41) is 0. The van der Waals surface area contributed by atoms with E-state index in [0.717, 1.165) is 6.08 Å². The monoisotopic (exact) mass is 475 g/mol. The van der Waals surface area contributed by atoms with Crippen LogP contribution in [0.4, 0.5) is 8.78 Å². The van der Waals surface area contributed by atoms with E-state index in [1.165, 1.54) is 36.3 Å². The van der Waals surface area contributed by atoms with E-state index in [-0.39, 0.29) is 28.9 Å². The van der Waals surface area contributed by atoms with E-state index in [4.69, 9.17) is 9.47 Å². The fraction of sp³-hybridized carbons (Fsp3) is 0.524. The first-order chi connectivity index (χ1) is 15.0. The Kier molecular flexibility index (Phi) is 8.99. The topological polar surface area (TPSA) is 99.2 Å². The van der Waals surface area contributed by atoms with Gasteiger partial charge >= 0.3 is 12.6 Å². The quantitative estimate of drug-likeness (QED) is 0.379. The molecule has 0 saturated carbocycles. The van der Waals surface area contributed by atoms with Gasteiger partial charge in [0.1, 0.15) is 0 Å². The zero-order valence-electron chi connectivity index (χ0n) is 18.1. The van der Waals surface area contributed by atoms with Crippen molar-refractivity contribution in [3.05, 3.63) is 29.8 Å². The van der Waals surface area contributed by atoms with Gasteiger partial charge in [-0.15, -0.1) is 0 Å². The summed E-state index contributed by atoms with van der Waals surface area (Å²) in [6.07, 6.45) is 2.82. The van der Waals surface area contributed by atoms with Gasteiger partial charge in [-0.2, -0.15) is 8.78 Å². The second kappa shape index (κ2) is 11.3. The van der Waals surface area contributed by atoms with E-state index in [1.54, 1.807) is 0 Å². The molecule has 1 fully saturated rings. The zero-order valence-corrected chi connectivity index (χ0v) is 18.9. The molecular formula is C21H27F2NO7S. The van der Waals surface area contributed by atoms with Gasteiger partial charge in [0.05, 0.1) is 18.6 Å². The SMILES string of the molecule is COc1cc(/C=C/C(=O)OCC(=O)N(CC(C)C)[C@H]2CCS(=O)(=O)C2)ccc1OC(F)F. The van der Waals surface area contributed by atoms with Crippen LogP contribution in [0, 0.1) is 5.92 Å². The summed E-state index contributed by atoms with van der Waals surface area (Å²) in [7, 11) is -1.88. The predicted molar refractivity (Wildman–Crippen MR) is 113 cm³/mol. The third-order valence-corrected chi connectivity index (χ3v) is 6.44. The van der Waals surface area contributed by atoms with Crippen molar-refractivity contribution in [2.45, 2.75) is 32.9 Å². The molecule has 0 spiro atoms. The maximum Gasteiger partial charge on any atom is 0.387 e. The largest absolute Gasteiger partial charge is 0.493 e. The van der Waals surface area contributed by atoms with E-state index in [2.05, 4.69) is 4.74 Å². The highest BCUT2D eigenvalue weighted by atomic mass is 32.2. The summed E-state index contributed by atoms with van der Waals surface area (Å²) in [5.41, 5.74) is 0.462. The molecule has 1 aliphatic heterocycles. The number of hydrogen-bond acceptors (Lipinski definition) is 7. The van der Waals surface area contributed by atoms with Crippen LogP contribution < -0.4 is 9.47 Å². The molecule has 1 heterocycles. The summed E-state index contributed by atoms with van der Waals surface area (Å²) < 4.78 is 62.7. The Labute approximate surface area is 186 Å². The number of nitrogens with zero attached hydrogens (tertiary/aromatic N) is 1. The Morgan fingerprint density at radius 1 is 1.25 bits per heavy atom. The summed E-state index contributed by atoms with van der Waals surface area (Å²) in [4.78, 5) is 26.1. The van der Waals surface area contributed by atoms with Crippen LogP contribution in [-0.4, -0.2) is 69.6 Å². The first kappa shape index (κ1) is 25.6. The standard InChI is InChI=1S/C21H27F2NO7S/c1-14(2)11-24(16-8-9-32(27,28)13-16)19(25)12-30-20(26)7-5-15-4-6-17(31-21(22)23)18(10-15)29-3/h4-7,10,14,16,21H,8-9,11-13H2,1-3H3/b7-5+/t16-/m0/s1. The van der Waals surface area contributed by atoms with E-state index < -0.39 is 41.0 Å². The number of rotatable bonds is 10. The molecule has 1 amide bonds. The first-order valence-corrected chi connectivity index (χ1v) is 11.8. The molecule has 0 aromatic heterocycles. The van der Waals surface area contributed by atoms with Gasteiger partial charge in [-0.25, -0.2) is 13.2 Å².